The third-order valence-corrected chi connectivity index (χ3v) is 5.56. The normalized spacial score (nSPS) is 24.7. The number of rotatable bonds is 2. The lowest BCUT2D eigenvalue weighted by Crippen LogP contribution is -2.29. The highest BCUT2D eigenvalue weighted by atomic mass is 35.5. The number of ether oxygens (including phenoxy) is 1. The number of fused-ring (bicyclic) bond motifs is 3. The van der Waals surface area contributed by atoms with E-state index in [1.165, 1.54) is 0 Å². The first-order valence-corrected chi connectivity index (χ1v) is 8.50. The Bertz CT molecular complexity index is 787. The van der Waals surface area contributed by atoms with Gasteiger partial charge < -0.3 is 10.1 Å². The molecule has 0 radical (unpaired) electrons. The Hall–Kier alpha value is -1.64. The molecule has 0 aromatic heterocycles. The Morgan fingerprint density at radius 1 is 1.09 bits per heavy atom. The Morgan fingerprint density at radius 3 is 2.70 bits per heavy atom. The van der Waals surface area contributed by atoms with Crippen LogP contribution in [0.2, 0.25) is 10.0 Å². The van der Waals surface area contributed by atoms with Crippen LogP contribution in [0, 0.1) is 5.92 Å². The molecule has 0 amide bonds. The summed E-state index contributed by atoms with van der Waals surface area (Å²) in [4.78, 5) is 0. The molecule has 0 bridgehead atoms. The number of methoxy groups -OCH3 is 1. The zero-order chi connectivity index (χ0) is 16.0. The van der Waals surface area contributed by atoms with Crippen LogP contribution in [-0.2, 0) is 0 Å². The van der Waals surface area contributed by atoms with Crippen LogP contribution >= 0.6 is 23.2 Å². The molecule has 3 atom stereocenters. The Kier molecular flexibility index (Phi) is 3.74. The zero-order valence-corrected chi connectivity index (χ0v) is 14.2. The molecule has 2 aliphatic rings. The molecule has 0 spiro atoms. The number of halogens is 2. The van der Waals surface area contributed by atoms with Crippen molar-refractivity contribution in [3.8, 4) is 5.75 Å². The maximum atomic E-state index is 6.51. The minimum atomic E-state index is 0.142. The summed E-state index contributed by atoms with van der Waals surface area (Å²) >= 11 is 13.0. The highest BCUT2D eigenvalue weighted by Crippen LogP contribution is 2.54. The monoisotopic (exact) mass is 345 g/mol. The van der Waals surface area contributed by atoms with Crippen LogP contribution in [0.5, 0.6) is 5.75 Å². The van der Waals surface area contributed by atoms with E-state index in [-0.39, 0.29) is 12.0 Å². The maximum absolute atomic E-state index is 6.51. The second-order valence-electron chi connectivity index (χ2n) is 6.04. The van der Waals surface area contributed by atoms with Crippen molar-refractivity contribution >= 4 is 28.9 Å². The number of benzene rings is 2. The average molecular weight is 346 g/mol. The number of anilines is 1. The van der Waals surface area contributed by atoms with Gasteiger partial charge in [-0.2, -0.15) is 0 Å². The topological polar surface area (TPSA) is 21.3 Å². The van der Waals surface area contributed by atoms with E-state index < -0.39 is 0 Å². The lowest BCUT2D eigenvalue weighted by atomic mass is 9.77. The molecule has 23 heavy (non-hydrogen) atoms. The summed E-state index contributed by atoms with van der Waals surface area (Å²) in [6.07, 6.45) is 5.52. The van der Waals surface area contributed by atoms with Crippen molar-refractivity contribution in [2.45, 2.75) is 18.4 Å². The lowest BCUT2D eigenvalue weighted by molar-refractivity contribution is 0.397. The molecule has 1 aliphatic heterocycles. The molecule has 0 fully saturated rings. The second kappa shape index (κ2) is 5.77. The van der Waals surface area contributed by atoms with E-state index in [1.807, 2.05) is 30.3 Å². The first kappa shape index (κ1) is 14.9. The summed E-state index contributed by atoms with van der Waals surface area (Å²) in [5.41, 5.74) is 3.24. The molecule has 2 aromatic carbocycles. The van der Waals surface area contributed by atoms with Gasteiger partial charge in [0.05, 0.1) is 18.8 Å². The van der Waals surface area contributed by atoms with Gasteiger partial charge in [0.25, 0.3) is 0 Å². The van der Waals surface area contributed by atoms with Gasteiger partial charge in [-0.3, -0.25) is 0 Å². The molecule has 1 heterocycles. The van der Waals surface area contributed by atoms with Gasteiger partial charge in [-0.1, -0.05) is 53.6 Å². The van der Waals surface area contributed by atoms with Crippen molar-refractivity contribution in [1.29, 1.82) is 0 Å². The number of allylic oxidation sites excluding steroid dienone is 2. The van der Waals surface area contributed by atoms with Gasteiger partial charge in [-0.15, -0.1) is 0 Å². The number of hydrogen-bond donors (Lipinski definition) is 1. The van der Waals surface area contributed by atoms with E-state index in [9.17, 15) is 0 Å². The summed E-state index contributed by atoms with van der Waals surface area (Å²) in [5.74, 6) is 1.52. The summed E-state index contributed by atoms with van der Waals surface area (Å²) in [6, 6.07) is 12.0. The van der Waals surface area contributed by atoms with E-state index in [0.29, 0.717) is 5.92 Å². The van der Waals surface area contributed by atoms with Crippen molar-refractivity contribution in [2.75, 3.05) is 12.4 Å². The van der Waals surface area contributed by atoms with Crippen molar-refractivity contribution in [2.24, 2.45) is 5.92 Å². The molecule has 2 aromatic rings. The molecule has 0 saturated carbocycles. The standard InChI is InChI=1S/C19H17Cl2NO/c1-23-16-10-9-15(21)17-11-6-4-7-12(11)18(22-19(16)17)13-5-2-3-8-14(13)20/h2-6,8-12,18,22H,7H2,1H3/t11-,12-,18+/m1/s1. The lowest BCUT2D eigenvalue weighted by Gasteiger charge is -2.38. The van der Waals surface area contributed by atoms with E-state index in [4.69, 9.17) is 27.9 Å². The molecule has 1 aliphatic carbocycles. The molecule has 4 rings (SSSR count). The largest absolute Gasteiger partial charge is 0.495 e. The van der Waals surface area contributed by atoms with Gasteiger partial charge in [-0.25, -0.2) is 0 Å². The Balaban J connectivity index is 1.88. The van der Waals surface area contributed by atoms with E-state index in [0.717, 1.165) is 39.0 Å². The number of nitrogens with one attached hydrogen (secondary N) is 1. The summed E-state index contributed by atoms with van der Waals surface area (Å²) in [5, 5.41) is 5.23. The zero-order valence-electron chi connectivity index (χ0n) is 12.7. The third kappa shape index (κ3) is 2.32. The molecule has 4 heteroatoms. The first-order valence-electron chi connectivity index (χ1n) is 7.74. The molecule has 118 valence electrons. The summed E-state index contributed by atoms with van der Waals surface area (Å²) < 4.78 is 5.55. The van der Waals surface area contributed by atoms with Gasteiger partial charge >= 0.3 is 0 Å². The minimum absolute atomic E-state index is 0.142. The molecule has 0 unspecified atom stereocenters. The second-order valence-corrected chi connectivity index (χ2v) is 6.85. The van der Waals surface area contributed by atoms with Crippen LogP contribution in [0.1, 0.15) is 29.5 Å². The van der Waals surface area contributed by atoms with Gasteiger partial charge in [0.15, 0.2) is 0 Å². The average Bonchev–Trinajstić information content (AvgIpc) is 3.04. The van der Waals surface area contributed by atoms with E-state index in [2.05, 4.69) is 23.5 Å². The molecule has 2 nitrogen and oxygen atoms in total. The van der Waals surface area contributed by atoms with Crippen LogP contribution in [0.4, 0.5) is 5.69 Å². The van der Waals surface area contributed by atoms with Crippen molar-refractivity contribution in [1.82, 2.24) is 0 Å². The van der Waals surface area contributed by atoms with Gasteiger partial charge in [0.2, 0.25) is 0 Å². The Morgan fingerprint density at radius 2 is 1.91 bits per heavy atom. The van der Waals surface area contributed by atoms with Crippen LogP contribution in [0.15, 0.2) is 48.6 Å². The van der Waals surface area contributed by atoms with Crippen LogP contribution < -0.4 is 10.1 Å². The fourth-order valence-corrected chi connectivity index (χ4v) is 4.38. The highest BCUT2D eigenvalue weighted by Gasteiger charge is 2.40. The summed E-state index contributed by atoms with van der Waals surface area (Å²) in [7, 11) is 1.69. The quantitative estimate of drug-likeness (QED) is 0.691. The van der Waals surface area contributed by atoms with Crippen LogP contribution in [0.25, 0.3) is 0 Å². The molecular formula is C19H17Cl2NO. The first-order chi connectivity index (χ1) is 11.2. The molecule has 1 N–H and O–H groups in total. The molecular weight excluding hydrogens is 329 g/mol. The SMILES string of the molecule is COc1ccc(Cl)c2c1N[C@H](c1ccccc1Cl)[C@@H]1CC=C[C@@H]21. The maximum Gasteiger partial charge on any atom is 0.142 e. The van der Waals surface area contributed by atoms with Gasteiger partial charge in [-0.05, 0) is 36.1 Å². The van der Waals surface area contributed by atoms with E-state index in [1.54, 1.807) is 7.11 Å². The van der Waals surface area contributed by atoms with E-state index >= 15 is 0 Å². The van der Waals surface area contributed by atoms with Crippen molar-refractivity contribution < 1.29 is 4.74 Å². The van der Waals surface area contributed by atoms with Gasteiger partial charge in [0.1, 0.15) is 5.75 Å². The fraction of sp³-hybridized carbons (Fsp3) is 0.263. The number of hydrogen-bond acceptors (Lipinski definition) is 2. The van der Waals surface area contributed by atoms with Crippen LogP contribution in [-0.4, -0.2) is 7.11 Å². The third-order valence-electron chi connectivity index (χ3n) is 4.89. The molecule has 0 saturated heterocycles. The highest BCUT2D eigenvalue weighted by molar-refractivity contribution is 6.32. The Labute approximate surface area is 146 Å². The smallest absolute Gasteiger partial charge is 0.142 e. The summed E-state index contributed by atoms with van der Waals surface area (Å²) in [6.45, 7) is 0. The fourth-order valence-electron chi connectivity index (χ4n) is 3.84. The predicted molar refractivity (Wildman–Crippen MR) is 95.8 cm³/mol. The van der Waals surface area contributed by atoms with Crippen molar-refractivity contribution in [3.05, 3.63) is 69.7 Å². The van der Waals surface area contributed by atoms with Gasteiger partial charge in [0, 0.05) is 21.5 Å². The van der Waals surface area contributed by atoms with Crippen LogP contribution in [0.3, 0.4) is 0 Å². The predicted octanol–water partition coefficient (Wildman–Crippen LogP) is 5.83. The van der Waals surface area contributed by atoms with Crippen molar-refractivity contribution in [3.63, 3.8) is 0 Å². The minimum Gasteiger partial charge on any atom is -0.495 e.